The van der Waals surface area contributed by atoms with Crippen LogP contribution in [0.1, 0.15) is 15.9 Å². The molecule has 0 saturated heterocycles. The minimum atomic E-state index is -0.316. The van der Waals surface area contributed by atoms with Crippen LogP contribution in [-0.2, 0) is 0 Å². The number of likely N-dealkylation sites (N-methyl/N-ethyl adjacent to an activating group) is 1. The molecule has 0 unspecified atom stereocenters. The second-order valence-corrected chi connectivity index (χ2v) is 7.77. The Hall–Kier alpha value is -2.67. The third-order valence-electron chi connectivity index (χ3n) is 4.59. The fourth-order valence-electron chi connectivity index (χ4n) is 3.08. The quantitative estimate of drug-likeness (QED) is 0.304. The van der Waals surface area contributed by atoms with Gasteiger partial charge in [0.05, 0.1) is 35.9 Å². The van der Waals surface area contributed by atoms with E-state index in [2.05, 4.69) is 0 Å². The molecule has 8 heteroatoms. The predicted octanol–water partition coefficient (Wildman–Crippen LogP) is 5.59. The van der Waals surface area contributed by atoms with Crippen molar-refractivity contribution in [3.8, 4) is 17.2 Å². The molecular formula is C23H23Cl2NO5. The number of halogens is 2. The van der Waals surface area contributed by atoms with Crippen LogP contribution in [0.3, 0.4) is 0 Å². The molecule has 0 aliphatic heterocycles. The van der Waals surface area contributed by atoms with Gasteiger partial charge in [0.1, 0.15) is 17.9 Å². The zero-order valence-electron chi connectivity index (χ0n) is 17.7. The molecule has 0 bridgehead atoms. The number of methoxy groups -OCH3 is 2. The molecule has 164 valence electrons. The first-order valence-corrected chi connectivity index (χ1v) is 10.2. The normalized spacial score (nSPS) is 11.5. The molecule has 1 aromatic heterocycles. The summed E-state index contributed by atoms with van der Waals surface area (Å²) in [5.74, 6) is 0.649. The van der Waals surface area contributed by atoms with Crippen molar-refractivity contribution < 1.29 is 23.4 Å². The van der Waals surface area contributed by atoms with Gasteiger partial charge in [-0.15, -0.1) is 0 Å². The Morgan fingerprint density at radius 2 is 1.81 bits per heavy atom. The van der Waals surface area contributed by atoms with Crippen molar-refractivity contribution in [3.63, 3.8) is 0 Å². The first kappa shape index (κ1) is 23.0. The number of hydrogen-bond acceptors (Lipinski definition) is 6. The van der Waals surface area contributed by atoms with E-state index < -0.39 is 0 Å². The van der Waals surface area contributed by atoms with Crippen molar-refractivity contribution >= 4 is 46.0 Å². The van der Waals surface area contributed by atoms with Crippen LogP contribution in [0.25, 0.3) is 17.0 Å². The van der Waals surface area contributed by atoms with Crippen LogP contribution in [0.2, 0.25) is 10.0 Å². The van der Waals surface area contributed by atoms with Gasteiger partial charge < -0.3 is 23.5 Å². The van der Waals surface area contributed by atoms with E-state index in [9.17, 15) is 4.79 Å². The summed E-state index contributed by atoms with van der Waals surface area (Å²) in [5, 5.41) is 1.46. The Morgan fingerprint density at radius 3 is 2.45 bits per heavy atom. The predicted molar refractivity (Wildman–Crippen MR) is 123 cm³/mol. The van der Waals surface area contributed by atoms with E-state index in [0.29, 0.717) is 45.7 Å². The van der Waals surface area contributed by atoms with Crippen molar-refractivity contribution in [1.29, 1.82) is 0 Å². The maximum Gasteiger partial charge on any atom is 0.205 e. The van der Waals surface area contributed by atoms with Gasteiger partial charge in [0, 0.05) is 6.54 Å². The van der Waals surface area contributed by atoms with Gasteiger partial charge in [-0.2, -0.15) is 0 Å². The van der Waals surface area contributed by atoms with E-state index in [4.69, 9.17) is 41.8 Å². The summed E-state index contributed by atoms with van der Waals surface area (Å²) in [4.78, 5) is 15.3. The SMILES string of the molecule is COc1c(C(=O)/C=C/c2ccc(Cl)c(Cl)c2)c(OCCN(C)C)c(OC)c2occc12. The molecule has 0 aliphatic rings. The molecule has 0 radical (unpaired) electrons. The van der Waals surface area contributed by atoms with E-state index in [0.717, 1.165) is 5.56 Å². The fraction of sp³-hybridized carbons (Fsp3) is 0.261. The van der Waals surface area contributed by atoms with E-state index in [1.165, 1.54) is 26.6 Å². The number of carbonyl (C=O) groups is 1. The van der Waals surface area contributed by atoms with Crippen molar-refractivity contribution in [2.45, 2.75) is 0 Å². The van der Waals surface area contributed by atoms with Crippen LogP contribution < -0.4 is 14.2 Å². The first-order chi connectivity index (χ1) is 14.9. The second-order valence-electron chi connectivity index (χ2n) is 6.96. The van der Waals surface area contributed by atoms with Crippen molar-refractivity contribution in [3.05, 3.63) is 57.8 Å². The highest BCUT2D eigenvalue weighted by Crippen LogP contribution is 2.46. The summed E-state index contributed by atoms with van der Waals surface area (Å²) in [5.41, 5.74) is 1.43. The van der Waals surface area contributed by atoms with Crippen molar-refractivity contribution in [2.24, 2.45) is 0 Å². The number of fused-ring (bicyclic) bond motifs is 1. The zero-order valence-corrected chi connectivity index (χ0v) is 19.2. The smallest absolute Gasteiger partial charge is 0.205 e. The minimum absolute atomic E-state index is 0.253. The van der Waals surface area contributed by atoms with Gasteiger partial charge in [0.25, 0.3) is 0 Å². The molecule has 3 rings (SSSR count). The van der Waals surface area contributed by atoms with Crippen LogP contribution in [0.5, 0.6) is 17.2 Å². The molecule has 2 aromatic carbocycles. The van der Waals surface area contributed by atoms with Gasteiger partial charge >= 0.3 is 0 Å². The largest absolute Gasteiger partial charge is 0.495 e. The lowest BCUT2D eigenvalue weighted by atomic mass is 10.0. The summed E-state index contributed by atoms with van der Waals surface area (Å²) < 4.78 is 22.7. The number of nitrogens with zero attached hydrogens (tertiary/aromatic N) is 1. The van der Waals surface area contributed by atoms with Crippen LogP contribution in [0.15, 0.2) is 41.0 Å². The third kappa shape index (κ3) is 4.98. The number of rotatable bonds is 9. The Morgan fingerprint density at radius 1 is 1.06 bits per heavy atom. The summed E-state index contributed by atoms with van der Waals surface area (Å²) in [7, 11) is 6.87. The molecule has 0 atom stereocenters. The highest BCUT2D eigenvalue weighted by atomic mass is 35.5. The van der Waals surface area contributed by atoms with Crippen molar-refractivity contribution in [1.82, 2.24) is 4.90 Å². The Kier molecular flexibility index (Phi) is 7.49. The molecular weight excluding hydrogens is 441 g/mol. The number of carbonyl (C=O) groups excluding carboxylic acids is 1. The standard InChI is InChI=1S/C23H23Cl2NO5/c1-26(2)10-12-31-22-19(18(27)8-6-14-5-7-16(24)17(25)13-14)20(28-3)15-9-11-30-21(15)23(22)29-4/h5-9,11,13H,10,12H2,1-4H3/b8-6+. The summed E-state index contributed by atoms with van der Waals surface area (Å²) in [6.45, 7) is 0.990. The van der Waals surface area contributed by atoms with E-state index in [1.54, 1.807) is 30.3 Å². The van der Waals surface area contributed by atoms with Crippen LogP contribution in [0, 0.1) is 0 Å². The lowest BCUT2D eigenvalue weighted by molar-refractivity contribution is 0.104. The topological polar surface area (TPSA) is 61.1 Å². The Labute approximate surface area is 190 Å². The average Bonchev–Trinajstić information content (AvgIpc) is 3.22. The molecule has 31 heavy (non-hydrogen) atoms. The summed E-state index contributed by atoms with van der Waals surface area (Å²) in [6.07, 6.45) is 4.60. The van der Waals surface area contributed by atoms with Gasteiger partial charge in [-0.25, -0.2) is 0 Å². The Bertz CT molecular complexity index is 1120. The second kappa shape index (κ2) is 10.1. The molecule has 0 aliphatic carbocycles. The van der Waals surface area contributed by atoms with Gasteiger partial charge in [-0.1, -0.05) is 35.3 Å². The van der Waals surface area contributed by atoms with Crippen LogP contribution >= 0.6 is 23.2 Å². The van der Waals surface area contributed by atoms with Crippen molar-refractivity contribution in [2.75, 3.05) is 41.5 Å². The maximum atomic E-state index is 13.3. The third-order valence-corrected chi connectivity index (χ3v) is 5.33. The molecule has 0 amide bonds. The molecule has 0 fully saturated rings. The highest BCUT2D eigenvalue weighted by molar-refractivity contribution is 6.42. The number of benzene rings is 2. The molecule has 3 aromatic rings. The van der Waals surface area contributed by atoms with Gasteiger partial charge in [-0.3, -0.25) is 4.79 Å². The molecule has 0 saturated carbocycles. The first-order valence-electron chi connectivity index (χ1n) is 9.47. The van der Waals surface area contributed by atoms with Gasteiger partial charge in [-0.05, 0) is 43.9 Å². The molecule has 0 N–H and O–H groups in total. The Balaban J connectivity index is 2.09. The summed E-state index contributed by atoms with van der Waals surface area (Å²) in [6, 6.07) is 6.84. The molecule has 1 heterocycles. The van der Waals surface area contributed by atoms with Gasteiger partial charge in [0.15, 0.2) is 17.1 Å². The number of allylic oxidation sites excluding steroid dienone is 1. The number of furan rings is 1. The van der Waals surface area contributed by atoms with Crippen LogP contribution in [0.4, 0.5) is 0 Å². The number of hydrogen-bond donors (Lipinski definition) is 0. The average molecular weight is 464 g/mol. The molecule has 0 spiro atoms. The summed E-state index contributed by atoms with van der Waals surface area (Å²) >= 11 is 12.0. The van der Waals surface area contributed by atoms with E-state index >= 15 is 0 Å². The number of ketones is 1. The van der Waals surface area contributed by atoms with Gasteiger partial charge in [0.2, 0.25) is 5.75 Å². The zero-order chi connectivity index (χ0) is 22.5. The van der Waals surface area contributed by atoms with E-state index in [1.807, 2.05) is 19.0 Å². The fourth-order valence-corrected chi connectivity index (χ4v) is 3.39. The van der Waals surface area contributed by atoms with E-state index in [-0.39, 0.29) is 17.1 Å². The maximum absolute atomic E-state index is 13.3. The number of ether oxygens (including phenoxy) is 3. The molecule has 6 nitrogen and oxygen atoms in total. The van der Waals surface area contributed by atoms with Crippen LogP contribution in [-0.4, -0.2) is 52.1 Å². The lowest BCUT2D eigenvalue weighted by Gasteiger charge is -2.18. The minimum Gasteiger partial charge on any atom is -0.495 e. The monoisotopic (exact) mass is 463 g/mol. The lowest BCUT2D eigenvalue weighted by Crippen LogP contribution is -2.20. The highest BCUT2D eigenvalue weighted by Gasteiger charge is 2.28.